The number of rotatable bonds is 3. The molecule has 7 nitrogen and oxygen atoms in total. The third kappa shape index (κ3) is 2.53. The molecule has 1 aliphatic carbocycles. The van der Waals surface area contributed by atoms with Crippen molar-refractivity contribution in [1.29, 1.82) is 0 Å². The third-order valence-corrected chi connectivity index (χ3v) is 4.41. The molecule has 0 aliphatic heterocycles. The van der Waals surface area contributed by atoms with E-state index in [1.54, 1.807) is 6.20 Å². The first-order valence-corrected chi connectivity index (χ1v) is 7.96. The molecular formula is C18H17N5O2. The van der Waals surface area contributed by atoms with Gasteiger partial charge in [-0.3, -0.25) is 5.10 Å². The Bertz CT molecular complexity index is 963. The smallest absolute Gasteiger partial charge is 0.354 e. The second-order valence-electron chi connectivity index (χ2n) is 6.75. The Hall–Kier alpha value is -3.22. The van der Waals surface area contributed by atoms with Gasteiger partial charge in [-0.15, -0.1) is 0 Å². The molecule has 0 saturated heterocycles. The maximum absolute atomic E-state index is 11.5. The van der Waals surface area contributed by atoms with Gasteiger partial charge in [0.05, 0.1) is 5.69 Å². The molecule has 3 N–H and O–H groups in total. The van der Waals surface area contributed by atoms with Crippen LogP contribution < -0.4 is 5.32 Å². The highest BCUT2D eigenvalue weighted by molar-refractivity contribution is 5.91. The van der Waals surface area contributed by atoms with Crippen LogP contribution in [-0.4, -0.2) is 31.2 Å². The van der Waals surface area contributed by atoms with Gasteiger partial charge >= 0.3 is 5.97 Å². The molecule has 0 spiro atoms. The number of hydrogen-bond donors (Lipinski definition) is 3. The van der Waals surface area contributed by atoms with Crippen molar-refractivity contribution in [3.8, 4) is 11.4 Å². The number of carbonyl (C=O) groups is 1. The number of nitrogens with one attached hydrogen (secondary N) is 2. The van der Waals surface area contributed by atoms with Gasteiger partial charge in [-0.05, 0) is 29.5 Å². The molecule has 0 fully saturated rings. The van der Waals surface area contributed by atoms with Crippen LogP contribution in [0.3, 0.4) is 0 Å². The quantitative estimate of drug-likeness (QED) is 0.679. The van der Waals surface area contributed by atoms with E-state index >= 15 is 0 Å². The second kappa shape index (κ2) is 5.41. The standard InChI is InChI=1S/C18H17N5O2/c1-18(2)8-10-9-19-17(20-11-6-4-3-5-7-11)21-13(10)14-12(18)15(16(24)25)23-22-14/h3-7,9H,8H2,1-2H3,(H,22,23)(H,24,25)(H,19,20,21). The molecule has 0 saturated carbocycles. The molecule has 0 atom stereocenters. The molecule has 126 valence electrons. The number of aromatic carboxylic acids is 1. The van der Waals surface area contributed by atoms with Crippen LogP contribution >= 0.6 is 0 Å². The number of benzene rings is 1. The molecule has 0 unspecified atom stereocenters. The van der Waals surface area contributed by atoms with Crippen molar-refractivity contribution in [2.24, 2.45) is 0 Å². The van der Waals surface area contributed by atoms with E-state index in [0.717, 1.165) is 11.3 Å². The van der Waals surface area contributed by atoms with Gasteiger partial charge in [0.15, 0.2) is 0 Å². The molecular weight excluding hydrogens is 318 g/mol. The van der Waals surface area contributed by atoms with Crippen LogP contribution in [0.25, 0.3) is 11.4 Å². The number of carboxylic acids is 1. The maximum atomic E-state index is 11.5. The fourth-order valence-electron chi connectivity index (χ4n) is 3.34. The second-order valence-corrected chi connectivity index (χ2v) is 6.75. The molecule has 2 heterocycles. The summed E-state index contributed by atoms with van der Waals surface area (Å²) in [6.07, 6.45) is 2.44. The summed E-state index contributed by atoms with van der Waals surface area (Å²) < 4.78 is 0. The van der Waals surface area contributed by atoms with Crippen molar-refractivity contribution < 1.29 is 9.90 Å². The van der Waals surface area contributed by atoms with Crippen LogP contribution in [0, 0.1) is 0 Å². The lowest BCUT2D eigenvalue weighted by Crippen LogP contribution is -2.28. The molecule has 4 rings (SSSR count). The number of carboxylic acid groups (broad SMARTS) is 1. The van der Waals surface area contributed by atoms with E-state index in [4.69, 9.17) is 0 Å². The first-order chi connectivity index (χ1) is 12.0. The van der Waals surface area contributed by atoms with Crippen molar-refractivity contribution in [1.82, 2.24) is 20.2 Å². The summed E-state index contributed by atoms with van der Waals surface area (Å²) in [5, 5.41) is 19.5. The fourth-order valence-corrected chi connectivity index (χ4v) is 3.34. The summed E-state index contributed by atoms with van der Waals surface area (Å²) >= 11 is 0. The van der Waals surface area contributed by atoms with Gasteiger partial charge in [0.25, 0.3) is 0 Å². The Labute approximate surface area is 144 Å². The highest BCUT2D eigenvalue weighted by atomic mass is 16.4. The number of aromatic amines is 1. The molecule has 1 aromatic carbocycles. The zero-order chi connectivity index (χ0) is 17.6. The number of H-pyrrole nitrogens is 1. The average molecular weight is 335 g/mol. The van der Waals surface area contributed by atoms with Crippen molar-refractivity contribution >= 4 is 17.6 Å². The molecule has 3 aromatic rings. The highest BCUT2D eigenvalue weighted by Crippen LogP contribution is 2.42. The van der Waals surface area contributed by atoms with Gasteiger partial charge in [-0.25, -0.2) is 14.8 Å². The fraction of sp³-hybridized carbons (Fsp3) is 0.222. The van der Waals surface area contributed by atoms with E-state index < -0.39 is 5.97 Å². The minimum Gasteiger partial charge on any atom is -0.477 e. The van der Waals surface area contributed by atoms with Gasteiger partial charge < -0.3 is 10.4 Å². The third-order valence-electron chi connectivity index (χ3n) is 4.41. The lowest BCUT2D eigenvalue weighted by molar-refractivity contribution is 0.0687. The predicted molar refractivity (Wildman–Crippen MR) is 93.0 cm³/mol. The lowest BCUT2D eigenvalue weighted by atomic mass is 9.73. The number of anilines is 2. The predicted octanol–water partition coefficient (Wildman–Crippen LogP) is 3.14. The van der Waals surface area contributed by atoms with Crippen LogP contribution in [0.1, 0.15) is 35.5 Å². The SMILES string of the molecule is CC1(C)Cc2cnc(Nc3ccccc3)nc2-c2n[nH]c(C(=O)O)c21. The first-order valence-electron chi connectivity index (χ1n) is 7.96. The Morgan fingerprint density at radius 3 is 2.72 bits per heavy atom. The van der Waals surface area contributed by atoms with Gasteiger partial charge in [0.2, 0.25) is 5.95 Å². The summed E-state index contributed by atoms with van der Waals surface area (Å²) in [6.45, 7) is 4.01. The molecule has 7 heteroatoms. The van der Waals surface area contributed by atoms with Crippen LogP contribution in [0.5, 0.6) is 0 Å². The van der Waals surface area contributed by atoms with Crippen LogP contribution in [0.15, 0.2) is 36.5 Å². The van der Waals surface area contributed by atoms with Crippen molar-refractivity contribution in [2.45, 2.75) is 25.7 Å². The number of para-hydroxylation sites is 1. The molecule has 25 heavy (non-hydrogen) atoms. The Morgan fingerprint density at radius 2 is 2.00 bits per heavy atom. The highest BCUT2D eigenvalue weighted by Gasteiger charge is 2.38. The van der Waals surface area contributed by atoms with E-state index in [9.17, 15) is 9.90 Å². The Kier molecular flexibility index (Phi) is 3.31. The summed E-state index contributed by atoms with van der Waals surface area (Å²) in [5.74, 6) is -0.558. The largest absolute Gasteiger partial charge is 0.477 e. The molecule has 0 bridgehead atoms. The molecule has 0 radical (unpaired) electrons. The normalized spacial score (nSPS) is 14.5. The number of fused-ring (bicyclic) bond motifs is 3. The van der Waals surface area contributed by atoms with E-state index in [-0.39, 0.29) is 11.1 Å². The zero-order valence-electron chi connectivity index (χ0n) is 13.9. The van der Waals surface area contributed by atoms with Gasteiger partial charge in [0, 0.05) is 17.4 Å². The summed E-state index contributed by atoms with van der Waals surface area (Å²) in [5.41, 5.74) is 3.56. The number of hydrogen-bond acceptors (Lipinski definition) is 5. The van der Waals surface area contributed by atoms with Gasteiger partial charge in [-0.2, -0.15) is 5.10 Å². The minimum atomic E-state index is -1.01. The van der Waals surface area contributed by atoms with Crippen molar-refractivity contribution in [2.75, 3.05) is 5.32 Å². The van der Waals surface area contributed by atoms with E-state index in [1.807, 2.05) is 44.2 Å². The number of aromatic nitrogens is 4. The van der Waals surface area contributed by atoms with Crippen LogP contribution in [0.4, 0.5) is 11.6 Å². The summed E-state index contributed by atoms with van der Waals surface area (Å²) in [4.78, 5) is 20.5. The summed E-state index contributed by atoms with van der Waals surface area (Å²) in [6, 6.07) is 9.63. The monoisotopic (exact) mass is 335 g/mol. The molecule has 0 amide bonds. The van der Waals surface area contributed by atoms with Crippen molar-refractivity contribution in [3.63, 3.8) is 0 Å². The topological polar surface area (TPSA) is 104 Å². The summed E-state index contributed by atoms with van der Waals surface area (Å²) in [7, 11) is 0. The van der Waals surface area contributed by atoms with E-state index in [1.165, 1.54) is 0 Å². The van der Waals surface area contributed by atoms with E-state index in [0.29, 0.717) is 29.3 Å². The van der Waals surface area contributed by atoms with Gasteiger partial charge in [-0.1, -0.05) is 32.0 Å². The Morgan fingerprint density at radius 1 is 1.24 bits per heavy atom. The lowest BCUT2D eigenvalue weighted by Gasteiger charge is -2.30. The van der Waals surface area contributed by atoms with Gasteiger partial charge in [0.1, 0.15) is 11.4 Å². The average Bonchev–Trinajstić information content (AvgIpc) is 3.03. The number of nitrogens with zero attached hydrogens (tertiary/aromatic N) is 3. The first kappa shape index (κ1) is 15.3. The van der Waals surface area contributed by atoms with Crippen LogP contribution in [0.2, 0.25) is 0 Å². The zero-order valence-corrected chi connectivity index (χ0v) is 13.9. The van der Waals surface area contributed by atoms with Crippen molar-refractivity contribution in [3.05, 3.63) is 53.3 Å². The molecule has 2 aromatic heterocycles. The minimum absolute atomic E-state index is 0.127. The Balaban J connectivity index is 1.81. The van der Waals surface area contributed by atoms with Crippen LogP contribution in [-0.2, 0) is 11.8 Å². The maximum Gasteiger partial charge on any atom is 0.354 e. The van der Waals surface area contributed by atoms with E-state index in [2.05, 4.69) is 25.5 Å². The molecule has 1 aliphatic rings.